The maximum Gasteiger partial charge on any atom is 0.229 e. The number of amides is 1. The quantitative estimate of drug-likeness (QED) is 0.902. The Morgan fingerprint density at radius 3 is 2.81 bits per heavy atom. The van der Waals surface area contributed by atoms with Crippen LogP contribution in [0, 0.1) is 5.92 Å². The summed E-state index contributed by atoms with van der Waals surface area (Å²) in [6.45, 7) is 4.97. The van der Waals surface area contributed by atoms with Crippen LogP contribution in [-0.2, 0) is 4.79 Å². The van der Waals surface area contributed by atoms with Gasteiger partial charge in [-0.1, -0.05) is 38.1 Å². The largest absolute Gasteiger partial charge is 0.384 e. The van der Waals surface area contributed by atoms with Crippen LogP contribution in [0.1, 0.15) is 36.2 Å². The Balaban J connectivity index is 1.77. The zero-order chi connectivity index (χ0) is 14.8. The standard InChI is InChI=1S/C17H20N2OS/c1-11(2)16(15-8-5-9-21-15)19-17(20)13-10-18-14-7-4-3-6-12(13)14/h3-9,11,13,16,18H,10H2,1-2H3,(H,19,20). The third-order valence-corrected chi connectivity index (χ3v) is 4.92. The average molecular weight is 300 g/mol. The van der Waals surface area contributed by atoms with Crippen molar-refractivity contribution >= 4 is 22.9 Å². The maximum absolute atomic E-state index is 12.7. The molecule has 0 radical (unpaired) electrons. The first-order chi connectivity index (χ1) is 10.2. The highest BCUT2D eigenvalue weighted by atomic mass is 32.1. The molecular weight excluding hydrogens is 280 g/mol. The Kier molecular flexibility index (Phi) is 3.97. The van der Waals surface area contributed by atoms with E-state index in [1.165, 1.54) is 4.88 Å². The fourth-order valence-electron chi connectivity index (χ4n) is 2.81. The van der Waals surface area contributed by atoms with E-state index in [4.69, 9.17) is 0 Å². The van der Waals surface area contributed by atoms with E-state index >= 15 is 0 Å². The zero-order valence-electron chi connectivity index (χ0n) is 12.3. The van der Waals surface area contributed by atoms with Gasteiger partial charge in [0.1, 0.15) is 0 Å². The predicted molar refractivity (Wildman–Crippen MR) is 87.7 cm³/mol. The topological polar surface area (TPSA) is 41.1 Å². The molecule has 110 valence electrons. The second-order valence-corrected chi connectivity index (χ2v) is 6.75. The number of anilines is 1. The fourth-order valence-corrected chi connectivity index (χ4v) is 3.76. The Morgan fingerprint density at radius 2 is 2.10 bits per heavy atom. The van der Waals surface area contributed by atoms with Gasteiger partial charge in [0, 0.05) is 17.1 Å². The first-order valence-electron chi connectivity index (χ1n) is 7.33. The van der Waals surface area contributed by atoms with E-state index < -0.39 is 0 Å². The van der Waals surface area contributed by atoms with Gasteiger partial charge < -0.3 is 10.6 Å². The number of benzene rings is 1. The summed E-state index contributed by atoms with van der Waals surface area (Å²) in [5, 5.41) is 8.60. The van der Waals surface area contributed by atoms with Crippen LogP contribution in [0.2, 0.25) is 0 Å². The van der Waals surface area contributed by atoms with E-state index in [1.54, 1.807) is 11.3 Å². The van der Waals surface area contributed by atoms with Gasteiger partial charge in [0.05, 0.1) is 12.0 Å². The first-order valence-corrected chi connectivity index (χ1v) is 8.21. The van der Waals surface area contributed by atoms with Crippen molar-refractivity contribution in [2.45, 2.75) is 25.8 Å². The number of para-hydroxylation sites is 1. The molecule has 0 fully saturated rings. The van der Waals surface area contributed by atoms with Gasteiger partial charge in [-0.25, -0.2) is 0 Å². The van der Waals surface area contributed by atoms with Gasteiger partial charge in [-0.3, -0.25) is 4.79 Å². The van der Waals surface area contributed by atoms with Crippen LogP contribution in [0.4, 0.5) is 5.69 Å². The second kappa shape index (κ2) is 5.90. The molecular formula is C17H20N2OS. The van der Waals surface area contributed by atoms with Crippen LogP contribution >= 0.6 is 11.3 Å². The Labute approximate surface area is 129 Å². The van der Waals surface area contributed by atoms with E-state index in [0.717, 1.165) is 11.3 Å². The lowest BCUT2D eigenvalue weighted by atomic mass is 9.97. The van der Waals surface area contributed by atoms with Gasteiger partial charge in [0.2, 0.25) is 5.91 Å². The molecule has 1 amide bonds. The molecule has 0 saturated heterocycles. The third kappa shape index (κ3) is 2.81. The minimum absolute atomic E-state index is 0.0882. The molecule has 1 aliphatic heterocycles. The second-order valence-electron chi connectivity index (χ2n) is 5.77. The van der Waals surface area contributed by atoms with Crippen LogP contribution < -0.4 is 10.6 Å². The fraction of sp³-hybridized carbons (Fsp3) is 0.353. The highest BCUT2D eigenvalue weighted by Gasteiger charge is 2.30. The molecule has 2 heterocycles. The van der Waals surface area contributed by atoms with Crippen molar-refractivity contribution in [2.24, 2.45) is 5.92 Å². The number of rotatable bonds is 4. The summed E-state index contributed by atoms with van der Waals surface area (Å²) in [6, 6.07) is 12.3. The van der Waals surface area contributed by atoms with Gasteiger partial charge in [-0.15, -0.1) is 11.3 Å². The summed E-state index contributed by atoms with van der Waals surface area (Å²) in [6.07, 6.45) is 0. The van der Waals surface area contributed by atoms with Crippen LogP contribution in [0.15, 0.2) is 41.8 Å². The minimum atomic E-state index is -0.0950. The maximum atomic E-state index is 12.7. The number of hydrogen-bond acceptors (Lipinski definition) is 3. The third-order valence-electron chi connectivity index (χ3n) is 3.96. The van der Waals surface area contributed by atoms with Gasteiger partial charge in [0.15, 0.2) is 0 Å². The van der Waals surface area contributed by atoms with E-state index in [9.17, 15) is 4.79 Å². The molecule has 2 atom stereocenters. The van der Waals surface area contributed by atoms with Gasteiger partial charge >= 0.3 is 0 Å². The molecule has 3 nitrogen and oxygen atoms in total. The van der Waals surface area contributed by atoms with Crippen molar-refractivity contribution in [2.75, 3.05) is 11.9 Å². The van der Waals surface area contributed by atoms with Crippen LogP contribution in [0.5, 0.6) is 0 Å². The monoisotopic (exact) mass is 300 g/mol. The van der Waals surface area contributed by atoms with E-state index in [-0.39, 0.29) is 17.9 Å². The lowest BCUT2D eigenvalue weighted by Crippen LogP contribution is -2.35. The molecule has 0 saturated carbocycles. The average Bonchev–Trinajstić information content (AvgIpc) is 3.13. The number of thiophene rings is 1. The summed E-state index contributed by atoms with van der Waals surface area (Å²) >= 11 is 1.70. The molecule has 1 aliphatic rings. The SMILES string of the molecule is CC(C)C(NC(=O)C1CNc2ccccc21)c1cccs1. The summed E-state index contributed by atoms with van der Waals surface area (Å²) < 4.78 is 0. The van der Waals surface area contributed by atoms with Crippen molar-refractivity contribution < 1.29 is 4.79 Å². The normalized spacial score (nSPS) is 18.1. The molecule has 0 bridgehead atoms. The van der Waals surface area contributed by atoms with Crippen LogP contribution in [0.3, 0.4) is 0 Å². The molecule has 1 aromatic heterocycles. The Hall–Kier alpha value is -1.81. The highest BCUT2D eigenvalue weighted by Crippen LogP contribution is 2.33. The molecule has 3 rings (SSSR count). The number of carbonyl (C=O) groups excluding carboxylic acids is 1. The van der Waals surface area contributed by atoms with E-state index in [0.29, 0.717) is 12.5 Å². The molecule has 4 heteroatoms. The molecule has 2 unspecified atom stereocenters. The molecule has 0 spiro atoms. The van der Waals surface area contributed by atoms with Crippen molar-refractivity contribution in [3.63, 3.8) is 0 Å². The summed E-state index contributed by atoms with van der Waals surface area (Å²) in [5.74, 6) is 0.388. The molecule has 2 N–H and O–H groups in total. The Morgan fingerprint density at radius 1 is 1.29 bits per heavy atom. The summed E-state index contributed by atoms with van der Waals surface area (Å²) in [4.78, 5) is 13.9. The first kappa shape index (κ1) is 14.1. The van der Waals surface area contributed by atoms with E-state index in [2.05, 4.69) is 35.9 Å². The number of fused-ring (bicyclic) bond motifs is 1. The number of nitrogens with one attached hydrogen (secondary N) is 2. The van der Waals surface area contributed by atoms with Crippen LogP contribution in [0.25, 0.3) is 0 Å². The van der Waals surface area contributed by atoms with Gasteiger partial charge in [0.25, 0.3) is 0 Å². The lowest BCUT2D eigenvalue weighted by molar-refractivity contribution is -0.123. The van der Waals surface area contributed by atoms with E-state index in [1.807, 2.05) is 30.3 Å². The predicted octanol–water partition coefficient (Wildman–Crippen LogP) is 3.77. The molecule has 2 aromatic rings. The summed E-state index contributed by atoms with van der Waals surface area (Å²) in [5.41, 5.74) is 2.18. The minimum Gasteiger partial charge on any atom is -0.384 e. The summed E-state index contributed by atoms with van der Waals surface area (Å²) in [7, 11) is 0. The zero-order valence-corrected chi connectivity index (χ0v) is 13.1. The van der Waals surface area contributed by atoms with Crippen molar-refractivity contribution in [3.8, 4) is 0 Å². The highest BCUT2D eigenvalue weighted by molar-refractivity contribution is 7.10. The molecule has 21 heavy (non-hydrogen) atoms. The number of hydrogen-bond donors (Lipinski definition) is 2. The van der Waals surface area contributed by atoms with Crippen molar-refractivity contribution in [3.05, 3.63) is 52.2 Å². The smallest absolute Gasteiger partial charge is 0.229 e. The number of carbonyl (C=O) groups is 1. The molecule has 0 aliphatic carbocycles. The molecule has 1 aromatic carbocycles. The van der Waals surface area contributed by atoms with Crippen molar-refractivity contribution in [1.82, 2.24) is 5.32 Å². The van der Waals surface area contributed by atoms with Gasteiger partial charge in [-0.2, -0.15) is 0 Å². The lowest BCUT2D eigenvalue weighted by Gasteiger charge is -2.23. The van der Waals surface area contributed by atoms with Gasteiger partial charge in [-0.05, 0) is 29.0 Å². The Bertz CT molecular complexity index is 621. The van der Waals surface area contributed by atoms with Crippen LogP contribution in [-0.4, -0.2) is 12.5 Å². The van der Waals surface area contributed by atoms with Crippen molar-refractivity contribution in [1.29, 1.82) is 0 Å².